The summed E-state index contributed by atoms with van der Waals surface area (Å²) < 4.78 is 5.24. The number of hydrogen-bond acceptors (Lipinski definition) is 3. The number of carbonyl (C=O) groups is 1. The Kier molecular flexibility index (Phi) is 5.65. The van der Waals surface area contributed by atoms with E-state index in [1.165, 1.54) is 25.7 Å². The van der Waals surface area contributed by atoms with Crippen molar-refractivity contribution in [2.24, 2.45) is 11.7 Å². The summed E-state index contributed by atoms with van der Waals surface area (Å²) >= 11 is 0. The third-order valence-electron chi connectivity index (χ3n) is 3.81. The molecule has 1 aliphatic carbocycles. The van der Waals surface area contributed by atoms with Crippen LogP contribution in [-0.2, 0) is 0 Å². The molecule has 21 heavy (non-hydrogen) atoms. The van der Waals surface area contributed by atoms with Gasteiger partial charge in [-0.1, -0.05) is 24.7 Å². The molecular formula is C17H22N2O2. The number of hydrogen-bond donors (Lipinski definition) is 2. The van der Waals surface area contributed by atoms with Gasteiger partial charge in [-0.25, -0.2) is 0 Å². The predicted molar refractivity (Wildman–Crippen MR) is 83.2 cm³/mol. The zero-order valence-corrected chi connectivity index (χ0v) is 12.4. The van der Waals surface area contributed by atoms with Gasteiger partial charge in [0.2, 0.25) is 0 Å². The molecule has 2 rings (SSSR count). The van der Waals surface area contributed by atoms with Crippen LogP contribution in [0.1, 0.15) is 41.6 Å². The van der Waals surface area contributed by atoms with Gasteiger partial charge in [-0.15, -0.1) is 0 Å². The Morgan fingerprint density at radius 2 is 2.19 bits per heavy atom. The number of methoxy groups -OCH3 is 1. The summed E-state index contributed by atoms with van der Waals surface area (Å²) in [6, 6.07) is 5.28. The fourth-order valence-corrected chi connectivity index (χ4v) is 2.65. The van der Waals surface area contributed by atoms with Crippen LogP contribution in [-0.4, -0.2) is 26.1 Å². The summed E-state index contributed by atoms with van der Waals surface area (Å²) in [5.41, 5.74) is 6.69. The number of nitrogens with one attached hydrogen (secondary N) is 1. The summed E-state index contributed by atoms with van der Waals surface area (Å²) in [5.74, 6) is 6.95. The van der Waals surface area contributed by atoms with Gasteiger partial charge in [-0.3, -0.25) is 4.79 Å². The van der Waals surface area contributed by atoms with Gasteiger partial charge in [0.1, 0.15) is 5.75 Å². The Morgan fingerprint density at radius 3 is 2.86 bits per heavy atom. The van der Waals surface area contributed by atoms with Crippen LogP contribution in [0.15, 0.2) is 18.2 Å². The molecule has 4 nitrogen and oxygen atoms in total. The molecule has 1 saturated carbocycles. The van der Waals surface area contributed by atoms with E-state index in [-0.39, 0.29) is 12.5 Å². The highest BCUT2D eigenvalue weighted by atomic mass is 16.5. The molecular weight excluding hydrogens is 264 g/mol. The van der Waals surface area contributed by atoms with Crippen LogP contribution in [0, 0.1) is 17.8 Å². The fraction of sp³-hybridized carbons (Fsp3) is 0.471. The van der Waals surface area contributed by atoms with Gasteiger partial charge in [0.25, 0.3) is 5.91 Å². The number of ether oxygens (including phenoxy) is 1. The number of rotatable bonds is 4. The normalized spacial score (nSPS) is 14.4. The lowest BCUT2D eigenvalue weighted by Crippen LogP contribution is -2.28. The van der Waals surface area contributed by atoms with Gasteiger partial charge in [-0.2, -0.15) is 0 Å². The highest BCUT2D eigenvalue weighted by Crippen LogP contribution is 2.24. The smallest absolute Gasteiger partial charge is 0.251 e. The molecule has 3 N–H and O–H groups in total. The largest absolute Gasteiger partial charge is 0.495 e. The first-order chi connectivity index (χ1) is 10.2. The average Bonchev–Trinajstić information content (AvgIpc) is 3.03. The lowest BCUT2D eigenvalue weighted by atomic mass is 10.1. The standard InChI is InChI=1S/C17H22N2O2/c1-21-16-9-8-15(11-14(16)7-4-10-18)17(20)19-12-13-5-2-3-6-13/h8-9,11,13H,2-3,5-6,10,12,18H2,1H3,(H,19,20). The molecule has 1 aromatic carbocycles. The van der Waals surface area contributed by atoms with Crippen LogP contribution in [0.4, 0.5) is 0 Å². The summed E-state index contributed by atoms with van der Waals surface area (Å²) in [6.07, 6.45) is 5.00. The molecule has 0 aliphatic heterocycles. The molecule has 0 aromatic heterocycles. The van der Waals surface area contributed by atoms with Crippen molar-refractivity contribution >= 4 is 5.91 Å². The lowest BCUT2D eigenvalue weighted by Gasteiger charge is -2.11. The van der Waals surface area contributed by atoms with Crippen LogP contribution in [0.5, 0.6) is 5.75 Å². The number of benzene rings is 1. The van der Waals surface area contributed by atoms with Gasteiger partial charge in [0.15, 0.2) is 0 Å². The summed E-state index contributed by atoms with van der Waals surface area (Å²) in [6.45, 7) is 1.04. The SMILES string of the molecule is COc1ccc(C(=O)NCC2CCCC2)cc1C#CCN. The minimum atomic E-state index is -0.0552. The van der Waals surface area contributed by atoms with Crippen LogP contribution in [0.3, 0.4) is 0 Å². The highest BCUT2D eigenvalue weighted by molar-refractivity contribution is 5.94. The topological polar surface area (TPSA) is 64.3 Å². The van der Waals surface area contributed by atoms with E-state index in [0.717, 1.165) is 6.54 Å². The van der Waals surface area contributed by atoms with Crippen LogP contribution in [0.25, 0.3) is 0 Å². The van der Waals surface area contributed by atoms with Gasteiger partial charge in [0.05, 0.1) is 19.2 Å². The molecule has 1 aromatic rings. The van der Waals surface area contributed by atoms with Crippen molar-refractivity contribution in [3.8, 4) is 17.6 Å². The van der Waals surface area contributed by atoms with E-state index in [0.29, 0.717) is 22.8 Å². The molecule has 0 heterocycles. The van der Waals surface area contributed by atoms with Gasteiger partial charge >= 0.3 is 0 Å². The molecule has 1 aliphatic rings. The van der Waals surface area contributed by atoms with Gasteiger partial charge in [-0.05, 0) is 37.0 Å². The Morgan fingerprint density at radius 1 is 1.43 bits per heavy atom. The molecule has 0 unspecified atom stereocenters. The van der Waals surface area contributed by atoms with E-state index in [9.17, 15) is 4.79 Å². The lowest BCUT2D eigenvalue weighted by molar-refractivity contribution is 0.0947. The summed E-state index contributed by atoms with van der Waals surface area (Å²) in [4.78, 5) is 12.2. The maximum absolute atomic E-state index is 12.2. The number of carbonyl (C=O) groups excluding carboxylic acids is 1. The molecule has 0 bridgehead atoms. The van der Waals surface area contributed by atoms with Crippen LogP contribution >= 0.6 is 0 Å². The Bertz CT molecular complexity index is 552. The molecule has 0 atom stereocenters. The Balaban J connectivity index is 2.05. The van der Waals surface area contributed by atoms with E-state index in [4.69, 9.17) is 10.5 Å². The van der Waals surface area contributed by atoms with Crippen molar-refractivity contribution < 1.29 is 9.53 Å². The Labute approximate surface area is 126 Å². The van der Waals surface area contributed by atoms with Crippen molar-refractivity contribution in [3.05, 3.63) is 29.3 Å². The number of amides is 1. The second kappa shape index (κ2) is 7.70. The first-order valence-corrected chi connectivity index (χ1v) is 7.39. The first kappa shape index (κ1) is 15.4. The predicted octanol–water partition coefficient (Wildman–Crippen LogP) is 1.93. The molecule has 0 spiro atoms. The monoisotopic (exact) mass is 286 g/mol. The minimum absolute atomic E-state index is 0.0552. The molecule has 1 amide bonds. The first-order valence-electron chi connectivity index (χ1n) is 7.39. The van der Waals surface area contributed by atoms with Gasteiger partial charge in [0, 0.05) is 12.1 Å². The fourth-order valence-electron chi connectivity index (χ4n) is 2.65. The van der Waals surface area contributed by atoms with Crippen molar-refractivity contribution in [1.29, 1.82) is 0 Å². The summed E-state index contributed by atoms with van der Waals surface area (Å²) in [7, 11) is 1.59. The van der Waals surface area contributed by atoms with Crippen LogP contribution in [0.2, 0.25) is 0 Å². The van der Waals surface area contributed by atoms with E-state index < -0.39 is 0 Å². The van der Waals surface area contributed by atoms with Gasteiger partial charge < -0.3 is 15.8 Å². The summed E-state index contributed by atoms with van der Waals surface area (Å²) in [5, 5.41) is 3.01. The quantitative estimate of drug-likeness (QED) is 0.831. The van der Waals surface area contributed by atoms with E-state index in [2.05, 4.69) is 17.2 Å². The second-order valence-electron chi connectivity index (χ2n) is 5.28. The minimum Gasteiger partial charge on any atom is -0.495 e. The van der Waals surface area contributed by atoms with E-state index in [1.54, 1.807) is 25.3 Å². The molecule has 112 valence electrons. The number of nitrogens with two attached hydrogens (primary N) is 1. The molecule has 0 radical (unpaired) electrons. The molecule has 1 fully saturated rings. The third kappa shape index (κ3) is 4.24. The zero-order chi connectivity index (χ0) is 15.1. The van der Waals surface area contributed by atoms with Crippen molar-refractivity contribution in [2.45, 2.75) is 25.7 Å². The van der Waals surface area contributed by atoms with E-state index >= 15 is 0 Å². The Hall–Kier alpha value is -1.99. The molecule has 4 heteroatoms. The molecule has 0 saturated heterocycles. The van der Waals surface area contributed by atoms with Crippen molar-refractivity contribution in [1.82, 2.24) is 5.32 Å². The van der Waals surface area contributed by atoms with Crippen molar-refractivity contribution in [2.75, 3.05) is 20.2 Å². The van der Waals surface area contributed by atoms with Crippen LogP contribution < -0.4 is 15.8 Å². The zero-order valence-electron chi connectivity index (χ0n) is 12.4. The third-order valence-corrected chi connectivity index (χ3v) is 3.81. The maximum Gasteiger partial charge on any atom is 0.251 e. The van der Waals surface area contributed by atoms with Crippen molar-refractivity contribution in [3.63, 3.8) is 0 Å². The maximum atomic E-state index is 12.2. The van der Waals surface area contributed by atoms with E-state index in [1.807, 2.05) is 0 Å². The second-order valence-corrected chi connectivity index (χ2v) is 5.28. The average molecular weight is 286 g/mol. The highest BCUT2D eigenvalue weighted by Gasteiger charge is 2.16.